The predicted molar refractivity (Wildman–Crippen MR) is 266 cm³/mol. The number of carbonyl (C=O) groups excluding carboxylic acids is 3. The van der Waals surface area contributed by atoms with Gasteiger partial charge in [0, 0.05) is 37.1 Å². The number of aliphatic carboxylic acids is 1. The van der Waals surface area contributed by atoms with E-state index in [0.717, 1.165) is 36.4 Å². The molecule has 1 fully saturated rings. The highest BCUT2D eigenvalue weighted by molar-refractivity contribution is 7.57. The summed E-state index contributed by atoms with van der Waals surface area (Å²) in [5.41, 5.74) is 6.98. The zero-order chi connectivity index (χ0) is 52.4. The van der Waals surface area contributed by atoms with Gasteiger partial charge in [0.1, 0.15) is 46.6 Å². The average molecular weight is 1090 g/mol. The summed E-state index contributed by atoms with van der Waals surface area (Å²) < 4.78 is 36.9. The summed E-state index contributed by atoms with van der Waals surface area (Å²) in [7, 11) is -0.331. The number of anilines is 1. The smallest absolute Gasteiger partial charge is 0.345 e. The molecule has 4 N–H and O–H groups in total. The topological polar surface area (TPSA) is 252 Å². The Labute approximate surface area is 425 Å². The summed E-state index contributed by atoms with van der Waals surface area (Å²) in [4.78, 5) is 67.0. The van der Waals surface area contributed by atoms with Gasteiger partial charge in [0.2, 0.25) is 5.91 Å². The Kier molecular flexibility index (Phi) is 25.0. The van der Waals surface area contributed by atoms with E-state index in [1.54, 1.807) is 50.3 Å². The average Bonchev–Trinajstić information content (AvgIpc) is 3.94. The van der Waals surface area contributed by atoms with E-state index in [-0.39, 0.29) is 64.4 Å². The molecular formula is C45H56Cl5N4O14P. The van der Waals surface area contributed by atoms with Gasteiger partial charge in [-0.15, -0.1) is 11.6 Å². The minimum Gasteiger partial charge on any atom is -0.480 e. The van der Waals surface area contributed by atoms with E-state index in [4.69, 9.17) is 92.4 Å². The third kappa shape index (κ3) is 19.0. The first-order valence-corrected chi connectivity index (χ1v) is 25.2. The maximum Gasteiger partial charge on any atom is 0.345 e. The predicted octanol–water partition coefficient (Wildman–Crippen LogP) is 10.1. The molecule has 1 aromatic heterocycles. The zero-order valence-electron chi connectivity index (χ0n) is 39.0. The second kappa shape index (κ2) is 28.4. The van der Waals surface area contributed by atoms with Crippen molar-refractivity contribution >= 4 is 101 Å². The first-order valence-electron chi connectivity index (χ1n) is 20.8. The van der Waals surface area contributed by atoms with E-state index in [1.165, 1.54) is 29.8 Å². The van der Waals surface area contributed by atoms with Crippen molar-refractivity contribution in [2.24, 2.45) is 5.73 Å². The molecule has 0 bridgehead atoms. The molecule has 0 spiro atoms. The van der Waals surface area contributed by atoms with Crippen molar-refractivity contribution < 1.29 is 62.0 Å². The molecule has 4 unspecified atom stereocenters. The number of hydrogen-bond acceptors (Lipinski definition) is 13. The fraction of sp³-hybridized carbons (Fsp3) is 0.422. The maximum atomic E-state index is 12.2. The monoisotopic (exact) mass is 1080 g/mol. The van der Waals surface area contributed by atoms with Crippen LogP contribution in [-0.4, -0.2) is 112 Å². The molecule has 0 radical (unpaired) electrons. The number of methoxy groups -OCH3 is 2. The number of amides is 2. The van der Waals surface area contributed by atoms with Gasteiger partial charge >= 0.3 is 11.9 Å². The van der Waals surface area contributed by atoms with Crippen LogP contribution in [0.4, 0.5) is 11.4 Å². The van der Waals surface area contributed by atoms with Crippen LogP contribution in [0.15, 0.2) is 77.4 Å². The van der Waals surface area contributed by atoms with Gasteiger partial charge in [-0.05, 0) is 88.1 Å². The van der Waals surface area contributed by atoms with Crippen molar-refractivity contribution in [2.75, 3.05) is 51.0 Å². The largest absolute Gasteiger partial charge is 0.480 e. The molecule has 4 aromatic rings. The minimum absolute atomic E-state index is 0.0223. The second-order valence-corrected chi connectivity index (χ2v) is 20.3. The summed E-state index contributed by atoms with van der Waals surface area (Å²) in [5, 5.41) is 19.9. The molecule has 2 heterocycles. The number of halogens is 5. The number of para-hydroxylation sites is 1. The van der Waals surface area contributed by atoms with E-state index < -0.39 is 40.8 Å². The molecule has 69 heavy (non-hydrogen) atoms. The standard InChI is InChI=1S/C15H22ClNO2.C14H9Cl2NO5.C11H13Cl2NO3.C5H12NO4P/c1-5-13-8-6-7-11(2)15(13)17(14(18)9-16)12(3)10-19-4;1-21-14(18)10-7-9(3-4-12(10)17(19)20)22-13-5-2-8(15)6-11(13)16;1-11(2)14(10(15)9(12)13)6-8(17-11)7-4-3-5-16-7;1-11(9,10)3-2-4(6)5(7)8/h6-8,12H,5,9-10H2,1-4H3;2-7H,1H3;3-5,8-9H,6H2,1-2H3;4H,2-3,6H2,1H3,(H,7,8)(H,9,10). The molecule has 1 saturated heterocycles. The highest BCUT2D eigenvalue weighted by atomic mass is 35.5. The quantitative estimate of drug-likeness (QED) is 0.0310. The number of nitrogens with zero attached hydrogens (tertiary/aromatic N) is 3. The molecule has 5 rings (SSSR count). The number of nitro benzene ring substituents is 1. The van der Waals surface area contributed by atoms with E-state index in [0.29, 0.717) is 29.7 Å². The number of nitrogens with two attached hydrogens (primary N) is 1. The van der Waals surface area contributed by atoms with Crippen molar-refractivity contribution in [1.29, 1.82) is 0 Å². The maximum absolute atomic E-state index is 12.2. The van der Waals surface area contributed by atoms with E-state index in [9.17, 15) is 33.9 Å². The lowest BCUT2D eigenvalue weighted by Crippen LogP contribution is -2.45. The first kappa shape index (κ1) is 60.7. The number of esters is 1. The number of carboxylic acid groups (broad SMARTS) is 1. The number of benzene rings is 3. The molecule has 380 valence electrons. The van der Waals surface area contributed by atoms with Gasteiger partial charge in [0.15, 0.2) is 12.2 Å². The van der Waals surface area contributed by atoms with E-state index in [1.807, 2.05) is 32.0 Å². The highest BCUT2D eigenvalue weighted by Crippen LogP contribution is 2.38. The Morgan fingerprint density at radius 1 is 1.07 bits per heavy atom. The lowest BCUT2D eigenvalue weighted by Gasteiger charge is -2.31. The fourth-order valence-corrected chi connectivity index (χ4v) is 8.02. The van der Waals surface area contributed by atoms with Gasteiger partial charge in [0.05, 0.1) is 48.2 Å². The van der Waals surface area contributed by atoms with Gasteiger partial charge in [-0.3, -0.25) is 29.1 Å². The van der Waals surface area contributed by atoms with E-state index >= 15 is 0 Å². The number of carboxylic acids is 1. The van der Waals surface area contributed by atoms with Gasteiger partial charge in [0.25, 0.3) is 11.6 Å². The van der Waals surface area contributed by atoms with Gasteiger partial charge in [-0.1, -0.05) is 71.5 Å². The second-order valence-electron chi connectivity index (χ2n) is 15.6. The van der Waals surface area contributed by atoms with Crippen LogP contribution in [0.3, 0.4) is 0 Å². The number of furan rings is 1. The Morgan fingerprint density at radius 3 is 2.25 bits per heavy atom. The Balaban J connectivity index is 0.000000324. The van der Waals surface area contributed by atoms with Crippen molar-refractivity contribution in [3.05, 3.63) is 116 Å². The van der Waals surface area contributed by atoms with Crippen LogP contribution in [0, 0.1) is 17.0 Å². The minimum atomic E-state index is -3.10. The molecule has 1 aliphatic heterocycles. The van der Waals surface area contributed by atoms with Crippen molar-refractivity contribution in [2.45, 2.75) is 76.2 Å². The highest BCUT2D eigenvalue weighted by Gasteiger charge is 2.45. The summed E-state index contributed by atoms with van der Waals surface area (Å²) in [6.07, 6.45) is 2.17. The van der Waals surface area contributed by atoms with E-state index in [2.05, 4.69) is 17.7 Å². The van der Waals surface area contributed by atoms with Crippen molar-refractivity contribution in [3.63, 3.8) is 0 Å². The molecule has 24 heteroatoms. The molecule has 1 aliphatic rings. The molecule has 0 aliphatic carbocycles. The summed E-state index contributed by atoms with van der Waals surface area (Å²) in [5.74, 6) is -1.24. The SMILES string of the molecule is CC1(C)OC(c2ccco2)CN1C(=O)C(Cl)Cl.CCc1cccc(C)c1N(C(=O)CCl)C(C)COC.COC(=O)c1cc(Oc2ccc(Cl)cc2Cl)ccc1[N+](=O)[O-].CP(=O)(O)CCC(N)C(=O)O. The number of ether oxygens (including phenoxy) is 4. The van der Waals surface area contributed by atoms with Crippen LogP contribution in [-0.2, 0) is 39.6 Å². The number of alkyl halides is 3. The van der Waals surface area contributed by atoms with Crippen LogP contribution in [0.1, 0.15) is 67.5 Å². The first-order chi connectivity index (χ1) is 32.2. The van der Waals surface area contributed by atoms with Crippen LogP contribution in [0.25, 0.3) is 0 Å². The molecule has 0 saturated carbocycles. The molecule has 18 nitrogen and oxygen atoms in total. The third-order valence-corrected chi connectivity index (χ3v) is 12.0. The van der Waals surface area contributed by atoms with Crippen LogP contribution in [0.2, 0.25) is 10.0 Å². The summed E-state index contributed by atoms with van der Waals surface area (Å²) in [6.45, 7) is 11.7. The molecular weight excluding hydrogens is 1030 g/mol. The van der Waals surface area contributed by atoms with Gasteiger partial charge in [-0.2, -0.15) is 0 Å². The number of hydrogen-bond donors (Lipinski definition) is 3. The van der Waals surface area contributed by atoms with Crippen LogP contribution >= 0.6 is 65.4 Å². The lowest BCUT2D eigenvalue weighted by atomic mass is 10.0. The normalized spacial score (nSPS) is 15.4. The lowest BCUT2D eigenvalue weighted by molar-refractivity contribution is -0.385. The fourth-order valence-electron chi connectivity index (χ4n) is 6.45. The Hall–Kier alpha value is -4.46. The Bertz CT molecular complexity index is 2400. The van der Waals surface area contributed by atoms with Crippen LogP contribution in [0.5, 0.6) is 11.5 Å². The van der Waals surface area contributed by atoms with Crippen molar-refractivity contribution in [3.8, 4) is 11.5 Å². The number of nitro groups is 1. The Morgan fingerprint density at radius 2 is 1.74 bits per heavy atom. The van der Waals surface area contributed by atoms with Gasteiger partial charge < -0.3 is 48.9 Å². The number of carbonyl (C=O) groups is 4. The zero-order valence-corrected chi connectivity index (χ0v) is 43.7. The number of aryl methyl sites for hydroxylation is 2. The molecule has 3 aromatic carbocycles. The summed E-state index contributed by atoms with van der Waals surface area (Å²) in [6, 6.07) is 17.0. The third-order valence-electron chi connectivity index (χ3n) is 9.78. The summed E-state index contributed by atoms with van der Waals surface area (Å²) >= 11 is 28.7. The van der Waals surface area contributed by atoms with Crippen molar-refractivity contribution in [1.82, 2.24) is 4.90 Å². The number of rotatable bonds is 16. The molecule has 4 atom stereocenters. The molecule has 2 amide bonds. The van der Waals surface area contributed by atoms with Crippen LogP contribution < -0.4 is 15.4 Å². The van der Waals surface area contributed by atoms with Gasteiger partial charge in [-0.25, -0.2) is 4.79 Å².